The van der Waals surface area contributed by atoms with Crippen LogP contribution >= 0.6 is 0 Å². The van der Waals surface area contributed by atoms with Crippen LogP contribution in [0, 0.1) is 0 Å². The van der Waals surface area contributed by atoms with Crippen LogP contribution < -0.4 is 16.0 Å². The first-order valence-corrected chi connectivity index (χ1v) is 7.17. The number of rotatable bonds is 1. The van der Waals surface area contributed by atoms with Crippen LogP contribution in [0.25, 0.3) is 0 Å². The second kappa shape index (κ2) is 4.06. The zero-order valence-electron chi connectivity index (χ0n) is 11.1. The van der Waals surface area contributed by atoms with Crippen LogP contribution in [0.5, 0.6) is 0 Å². The average Bonchev–Trinajstić information content (AvgIpc) is 2.85. The van der Waals surface area contributed by atoms with Gasteiger partial charge in [0.25, 0.3) is 11.8 Å². The van der Waals surface area contributed by atoms with Crippen LogP contribution in [0.1, 0.15) is 46.4 Å². The average molecular weight is 271 g/mol. The Morgan fingerprint density at radius 1 is 1.05 bits per heavy atom. The normalized spacial score (nSPS) is 31.4. The van der Waals surface area contributed by atoms with Gasteiger partial charge in [0, 0.05) is 23.8 Å². The Bertz CT molecular complexity index is 599. The lowest BCUT2D eigenvalue weighted by atomic mass is 9.96. The molecule has 104 valence electrons. The molecule has 5 nitrogen and oxygen atoms in total. The van der Waals surface area contributed by atoms with Crippen molar-refractivity contribution < 1.29 is 9.59 Å². The van der Waals surface area contributed by atoms with Crippen LogP contribution in [0.2, 0.25) is 0 Å². The van der Waals surface area contributed by atoms with Crippen molar-refractivity contribution in [3.05, 3.63) is 29.3 Å². The topological polar surface area (TPSA) is 75.4 Å². The fraction of sp³-hybridized carbons (Fsp3) is 0.467. The van der Waals surface area contributed by atoms with Gasteiger partial charge in [-0.1, -0.05) is 0 Å². The number of carbonyl (C=O) groups excluding carboxylic acids is 2. The Labute approximate surface area is 117 Å². The van der Waals surface area contributed by atoms with E-state index in [1.165, 1.54) is 12.8 Å². The number of nitrogens with two attached hydrogens (primary N) is 1. The van der Waals surface area contributed by atoms with Gasteiger partial charge in [-0.3, -0.25) is 14.9 Å². The molecule has 2 saturated heterocycles. The lowest BCUT2D eigenvalue weighted by Gasteiger charge is -2.39. The highest BCUT2D eigenvalue weighted by molar-refractivity contribution is 6.21. The molecule has 2 fully saturated rings. The van der Waals surface area contributed by atoms with Gasteiger partial charge in [0.05, 0.1) is 11.1 Å². The first-order chi connectivity index (χ1) is 9.63. The van der Waals surface area contributed by atoms with Crippen molar-refractivity contribution >= 4 is 17.5 Å². The maximum absolute atomic E-state index is 11.8. The molecule has 0 aromatic heterocycles. The molecule has 0 saturated carbocycles. The van der Waals surface area contributed by atoms with E-state index in [-0.39, 0.29) is 11.8 Å². The van der Waals surface area contributed by atoms with Crippen molar-refractivity contribution in [2.75, 3.05) is 4.90 Å². The Kier molecular flexibility index (Phi) is 2.41. The minimum Gasteiger partial charge on any atom is -0.365 e. The van der Waals surface area contributed by atoms with E-state index in [9.17, 15) is 9.59 Å². The van der Waals surface area contributed by atoms with Crippen molar-refractivity contribution in [1.82, 2.24) is 5.32 Å². The van der Waals surface area contributed by atoms with Gasteiger partial charge in [0.1, 0.15) is 0 Å². The maximum atomic E-state index is 11.8. The van der Waals surface area contributed by atoms with Gasteiger partial charge in [-0.15, -0.1) is 0 Å². The molecule has 2 bridgehead atoms. The van der Waals surface area contributed by atoms with Gasteiger partial charge in [-0.25, -0.2) is 0 Å². The van der Waals surface area contributed by atoms with Crippen LogP contribution in [-0.4, -0.2) is 29.9 Å². The molecule has 0 radical (unpaired) electrons. The van der Waals surface area contributed by atoms with E-state index in [0.717, 1.165) is 18.5 Å². The fourth-order valence-electron chi connectivity index (χ4n) is 3.96. The Hall–Kier alpha value is -1.88. The second-order valence-electron chi connectivity index (χ2n) is 6.04. The van der Waals surface area contributed by atoms with Crippen molar-refractivity contribution in [2.24, 2.45) is 5.73 Å². The lowest BCUT2D eigenvalue weighted by molar-refractivity contribution is 0.0879. The standard InChI is InChI=1S/C15H17N3O2/c16-8-5-9-1-2-10(6-8)18(9)11-3-4-12-13(7-11)15(20)17-14(12)19/h3-4,7-10H,1-2,5-6,16H2,(H,17,19,20). The van der Waals surface area contributed by atoms with Gasteiger partial charge in [0.15, 0.2) is 0 Å². The van der Waals surface area contributed by atoms with E-state index >= 15 is 0 Å². The number of imide groups is 1. The summed E-state index contributed by atoms with van der Waals surface area (Å²) in [4.78, 5) is 25.8. The zero-order valence-corrected chi connectivity index (χ0v) is 11.1. The van der Waals surface area contributed by atoms with Crippen LogP contribution in [0.3, 0.4) is 0 Å². The fourth-order valence-corrected chi connectivity index (χ4v) is 3.96. The third-order valence-corrected chi connectivity index (χ3v) is 4.79. The molecule has 5 heteroatoms. The number of anilines is 1. The number of nitrogens with zero attached hydrogens (tertiary/aromatic N) is 1. The van der Waals surface area contributed by atoms with Gasteiger partial charge >= 0.3 is 0 Å². The summed E-state index contributed by atoms with van der Waals surface area (Å²) in [5, 5.41) is 2.34. The number of benzene rings is 1. The molecule has 1 aromatic rings. The summed E-state index contributed by atoms with van der Waals surface area (Å²) >= 11 is 0. The molecular weight excluding hydrogens is 254 g/mol. The summed E-state index contributed by atoms with van der Waals surface area (Å²) in [6.45, 7) is 0. The molecule has 3 aliphatic rings. The van der Waals surface area contributed by atoms with Crippen molar-refractivity contribution in [3.63, 3.8) is 0 Å². The maximum Gasteiger partial charge on any atom is 0.259 e. The van der Waals surface area contributed by atoms with E-state index in [4.69, 9.17) is 5.73 Å². The molecule has 3 heterocycles. The molecule has 2 amide bonds. The summed E-state index contributed by atoms with van der Waals surface area (Å²) in [6.07, 6.45) is 4.36. The highest BCUT2D eigenvalue weighted by Gasteiger charge is 2.40. The largest absolute Gasteiger partial charge is 0.365 e. The number of hydrogen-bond acceptors (Lipinski definition) is 4. The molecule has 0 spiro atoms. The number of fused-ring (bicyclic) bond motifs is 3. The van der Waals surface area contributed by atoms with Gasteiger partial charge in [-0.2, -0.15) is 0 Å². The third kappa shape index (κ3) is 1.59. The Morgan fingerprint density at radius 3 is 2.40 bits per heavy atom. The van der Waals surface area contributed by atoms with Crippen LogP contribution in [0.15, 0.2) is 18.2 Å². The highest BCUT2D eigenvalue weighted by Crippen LogP contribution is 2.39. The lowest BCUT2D eigenvalue weighted by Crippen LogP contribution is -2.47. The SMILES string of the molecule is NC1CC2CCC(C1)N2c1ccc2c(c1)C(=O)NC2=O. The molecule has 4 rings (SSSR count). The molecule has 0 aliphatic carbocycles. The molecule has 3 N–H and O–H groups in total. The number of hydrogen-bond donors (Lipinski definition) is 2. The molecular formula is C15H17N3O2. The molecule has 3 aliphatic heterocycles. The quantitative estimate of drug-likeness (QED) is 0.748. The number of carbonyl (C=O) groups is 2. The predicted octanol–water partition coefficient (Wildman–Crippen LogP) is 1.03. The van der Waals surface area contributed by atoms with E-state index in [1.807, 2.05) is 12.1 Å². The summed E-state index contributed by atoms with van der Waals surface area (Å²) in [5.74, 6) is -0.576. The van der Waals surface area contributed by atoms with Crippen molar-refractivity contribution in [3.8, 4) is 0 Å². The minimum absolute atomic E-state index is 0.284. The number of amides is 2. The summed E-state index contributed by atoms with van der Waals surface area (Å²) in [7, 11) is 0. The first-order valence-electron chi connectivity index (χ1n) is 7.17. The van der Waals surface area contributed by atoms with Gasteiger partial charge in [0.2, 0.25) is 0 Å². The molecule has 1 aromatic carbocycles. The molecule has 20 heavy (non-hydrogen) atoms. The minimum atomic E-state index is -0.291. The van der Waals surface area contributed by atoms with E-state index in [0.29, 0.717) is 29.3 Å². The second-order valence-corrected chi connectivity index (χ2v) is 6.04. The van der Waals surface area contributed by atoms with E-state index in [1.54, 1.807) is 6.07 Å². The summed E-state index contributed by atoms with van der Waals surface area (Å²) < 4.78 is 0. The van der Waals surface area contributed by atoms with Crippen LogP contribution in [0.4, 0.5) is 5.69 Å². The highest BCUT2D eigenvalue weighted by atomic mass is 16.2. The Morgan fingerprint density at radius 2 is 1.70 bits per heavy atom. The van der Waals surface area contributed by atoms with E-state index < -0.39 is 0 Å². The van der Waals surface area contributed by atoms with Crippen molar-refractivity contribution in [1.29, 1.82) is 0 Å². The van der Waals surface area contributed by atoms with Crippen LogP contribution in [-0.2, 0) is 0 Å². The molecule has 2 unspecified atom stereocenters. The van der Waals surface area contributed by atoms with E-state index in [2.05, 4.69) is 10.2 Å². The zero-order chi connectivity index (χ0) is 13.9. The third-order valence-electron chi connectivity index (χ3n) is 4.79. The summed E-state index contributed by atoms with van der Waals surface area (Å²) in [6, 6.07) is 6.82. The van der Waals surface area contributed by atoms with Gasteiger partial charge < -0.3 is 10.6 Å². The smallest absolute Gasteiger partial charge is 0.259 e. The van der Waals surface area contributed by atoms with Gasteiger partial charge in [-0.05, 0) is 43.9 Å². The number of nitrogens with one attached hydrogen (secondary N) is 1. The first kappa shape index (κ1) is 11.9. The monoisotopic (exact) mass is 271 g/mol. The number of piperidine rings is 1. The summed E-state index contributed by atoms with van der Waals surface area (Å²) in [5.41, 5.74) is 8.13. The molecule has 2 atom stereocenters. The van der Waals surface area contributed by atoms with Crippen molar-refractivity contribution in [2.45, 2.75) is 43.8 Å². The Balaban J connectivity index is 1.72. The predicted molar refractivity (Wildman–Crippen MR) is 74.7 cm³/mol.